The second-order valence-corrected chi connectivity index (χ2v) is 18.1. The van der Waals surface area contributed by atoms with E-state index in [0.717, 1.165) is 100 Å². The van der Waals surface area contributed by atoms with Gasteiger partial charge in [0.25, 0.3) is 0 Å². The number of hydrogen-bond acceptors (Lipinski definition) is 3. The van der Waals surface area contributed by atoms with Crippen LogP contribution in [0.2, 0.25) is 0 Å². The van der Waals surface area contributed by atoms with Gasteiger partial charge in [0.1, 0.15) is 11.2 Å². The molecule has 0 aliphatic rings. The van der Waals surface area contributed by atoms with Crippen molar-refractivity contribution in [2.75, 3.05) is 0 Å². The van der Waals surface area contributed by atoms with Gasteiger partial charge in [-0.15, -0.1) is 0 Å². The Hall–Kier alpha value is -9.52. The van der Waals surface area contributed by atoms with Gasteiger partial charge in [0, 0.05) is 59.8 Å². The first-order valence-corrected chi connectivity index (χ1v) is 23.7. The molecule has 0 radical (unpaired) electrons. The van der Waals surface area contributed by atoms with Gasteiger partial charge in [-0.05, 0) is 66.7 Å². The molecule has 0 fully saturated rings. The van der Waals surface area contributed by atoms with Gasteiger partial charge in [-0.25, -0.2) is 9.97 Å². The van der Waals surface area contributed by atoms with E-state index in [1.807, 2.05) is 30.3 Å². The molecular weight excluding hydrogens is 855 g/mol. The predicted octanol–water partition coefficient (Wildman–Crippen LogP) is 16.7. The average molecular weight is 894 g/mol. The van der Waals surface area contributed by atoms with E-state index in [1.165, 1.54) is 32.3 Å². The molecule has 0 bridgehead atoms. The molecule has 0 atom stereocenters. The van der Waals surface area contributed by atoms with Gasteiger partial charge >= 0.3 is 0 Å². The molecule has 6 heteroatoms. The summed E-state index contributed by atoms with van der Waals surface area (Å²) in [6.07, 6.45) is 0. The largest absolute Gasteiger partial charge is 0.455 e. The van der Waals surface area contributed by atoms with Crippen LogP contribution in [-0.2, 0) is 0 Å². The van der Waals surface area contributed by atoms with Crippen molar-refractivity contribution >= 4 is 87.4 Å². The Morgan fingerprint density at radius 1 is 0.300 bits per heavy atom. The van der Waals surface area contributed by atoms with Crippen LogP contribution in [0.5, 0.6) is 0 Å². The molecule has 6 nitrogen and oxygen atoms in total. The summed E-state index contributed by atoms with van der Waals surface area (Å²) in [6, 6.07) is 84.5. The van der Waals surface area contributed by atoms with Gasteiger partial charge in [0.15, 0.2) is 5.82 Å². The number of rotatable bonds is 6. The van der Waals surface area contributed by atoms with Crippen LogP contribution in [0.15, 0.2) is 241 Å². The van der Waals surface area contributed by atoms with Crippen molar-refractivity contribution in [1.29, 1.82) is 0 Å². The van der Waals surface area contributed by atoms with Crippen molar-refractivity contribution < 1.29 is 4.42 Å². The maximum Gasteiger partial charge on any atom is 0.160 e. The molecule has 70 heavy (non-hydrogen) atoms. The molecule has 0 N–H and O–H groups in total. The Morgan fingerprint density at radius 2 is 0.700 bits per heavy atom. The van der Waals surface area contributed by atoms with Crippen molar-refractivity contribution in [3.63, 3.8) is 0 Å². The minimum Gasteiger partial charge on any atom is -0.455 e. The van der Waals surface area contributed by atoms with Crippen LogP contribution in [0.1, 0.15) is 0 Å². The maximum absolute atomic E-state index is 6.69. The highest BCUT2D eigenvalue weighted by molar-refractivity contribution is 6.14. The van der Waals surface area contributed by atoms with Crippen LogP contribution < -0.4 is 0 Å². The highest BCUT2D eigenvalue weighted by atomic mass is 16.3. The highest BCUT2D eigenvalue weighted by Crippen LogP contribution is 2.45. The van der Waals surface area contributed by atoms with Crippen LogP contribution in [0, 0.1) is 0 Å². The monoisotopic (exact) mass is 893 g/mol. The van der Waals surface area contributed by atoms with E-state index in [0.29, 0.717) is 5.82 Å². The molecule has 5 heterocycles. The second-order valence-electron chi connectivity index (χ2n) is 18.1. The minimum absolute atomic E-state index is 0.629. The van der Waals surface area contributed by atoms with Gasteiger partial charge in [-0.3, -0.25) is 0 Å². The number of hydrogen-bond donors (Lipinski definition) is 0. The summed E-state index contributed by atoms with van der Waals surface area (Å²) in [5.41, 5.74) is 15.7. The standard InChI is InChI=1S/C64H39N5O/c1-2-19-40(20-3-1)64-65-51(39-52(66-64)50-29-18-28-49-48-27-10-17-36-61(48)70-63(49)50)41-37-59(67-53-30-11-4-21-42(53)43-22-5-12-31-54(43)67)62(69-57-34-15-8-25-46(57)47-26-9-16-35-58(47)69)60(38-41)68-55-32-13-6-23-44(55)45-24-7-14-33-56(45)68/h1-39H. The van der Waals surface area contributed by atoms with Gasteiger partial charge in [0.05, 0.1) is 61.6 Å². The normalized spacial score (nSPS) is 12.0. The lowest BCUT2D eigenvalue weighted by atomic mass is 10.0. The van der Waals surface area contributed by atoms with Gasteiger partial charge in [-0.2, -0.15) is 0 Å². The Balaban J connectivity index is 1.14. The summed E-state index contributed by atoms with van der Waals surface area (Å²) in [7, 11) is 0. The molecule has 326 valence electrons. The maximum atomic E-state index is 6.69. The summed E-state index contributed by atoms with van der Waals surface area (Å²) in [4.78, 5) is 10.9. The van der Waals surface area contributed by atoms with Crippen molar-refractivity contribution in [3.05, 3.63) is 237 Å². The molecule has 0 saturated heterocycles. The van der Waals surface area contributed by atoms with Crippen LogP contribution in [0.3, 0.4) is 0 Å². The van der Waals surface area contributed by atoms with Crippen molar-refractivity contribution in [2.45, 2.75) is 0 Å². The van der Waals surface area contributed by atoms with Crippen LogP contribution in [0.4, 0.5) is 0 Å². The van der Waals surface area contributed by atoms with Gasteiger partial charge in [-0.1, -0.05) is 170 Å². The van der Waals surface area contributed by atoms with Gasteiger partial charge < -0.3 is 18.1 Å². The molecule has 0 aliphatic heterocycles. The van der Waals surface area contributed by atoms with E-state index in [9.17, 15) is 0 Å². The molecule has 0 saturated carbocycles. The van der Waals surface area contributed by atoms with E-state index in [4.69, 9.17) is 14.4 Å². The van der Waals surface area contributed by atoms with E-state index in [2.05, 4.69) is 220 Å². The molecule has 0 spiro atoms. The van der Waals surface area contributed by atoms with Crippen molar-refractivity contribution in [3.8, 4) is 51.0 Å². The fourth-order valence-corrected chi connectivity index (χ4v) is 11.2. The third-order valence-corrected chi connectivity index (χ3v) is 14.2. The quantitative estimate of drug-likeness (QED) is 0.167. The van der Waals surface area contributed by atoms with Crippen LogP contribution in [-0.4, -0.2) is 23.7 Å². The zero-order chi connectivity index (χ0) is 45.9. The Labute approximate surface area is 401 Å². The second kappa shape index (κ2) is 15.0. The highest BCUT2D eigenvalue weighted by Gasteiger charge is 2.27. The van der Waals surface area contributed by atoms with Crippen LogP contribution in [0.25, 0.3) is 138 Å². The third kappa shape index (κ3) is 5.62. The summed E-state index contributed by atoms with van der Waals surface area (Å²) < 4.78 is 14.1. The summed E-state index contributed by atoms with van der Waals surface area (Å²) >= 11 is 0. The lowest BCUT2D eigenvalue weighted by Gasteiger charge is -2.23. The number of benzene rings is 10. The lowest BCUT2D eigenvalue weighted by molar-refractivity contribution is 0.670. The predicted molar refractivity (Wildman–Crippen MR) is 289 cm³/mol. The zero-order valence-corrected chi connectivity index (χ0v) is 37.7. The zero-order valence-electron chi connectivity index (χ0n) is 37.7. The number of aromatic nitrogens is 5. The Kier molecular flexibility index (Phi) is 8.26. The SMILES string of the molecule is c1ccc(-c2nc(-c3cc(-n4c5ccccc5c5ccccc54)c(-n4c5ccccc5c5ccccc54)c(-n4c5ccccc5c5ccccc54)c3)cc(-c3cccc4c3oc3ccccc34)n2)cc1. The average Bonchev–Trinajstić information content (AvgIpc) is 4.17. The molecule has 5 aromatic heterocycles. The molecule has 0 unspecified atom stereocenters. The molecule has 0 aliphatic carbocycles. The van der Waals surface area contributed by atoms with Gasteiger partial charge in [0.2, 0.25) is 0 Å². The first-order chi connectivity index (χ1) is 34.7. The molecule has 0 amide bonds. The third-order valence-electron chi connectivity index (χ3n) is 14.2. The minimum atomic E-state index is 0.629. The number of para-hydroxylation sites is 8. The lowest BCUT2D eigenvalue weighted by Crippen LogP contribution is -2.10. The summed E-state index contributed by atoms with van der Waals surface area (Å²) in [5, 5.41) is 9.24. The Morgan fingerprint density at radius 3 is 1.20 bits per heavy atom. The molecule has 10 aromatic carbocycles. The summed E-state index contributed by atoms with van der Waals surface area (Å²) in [6.45, 7) is 0. The molecule has 15 aromatic rings. The fourth-order valence-electron chi connectivity index (χ4n) is 11.2. The molecule has 15 rings (SSSR count). The van der Waals surface area contributed by atoms with Crippen molar-refractivity contribution in [1.82, 2.24) is 23.7 Å². The fraction of sp³-hybridized carbons (Fsp3) is 0. The molecular formula is C64H39N5O. The number of nitrogens with zero attached hydrogens (tertiary/aromatic N) is 5. The van der Waals surface area contributed by atoms with Crippen LogP contribution >= 0.6 is 0 Å². The first-order valence-electron chi connectivity index (χ1n) is 23.7. The Bertz CT molecular complexity index is 4310. The smallest absolute Gasteiger partial charge is 0.160 e. The van der Waals surface area contributed by atoms with E-state index in [1.54, 1.807) is 0 Å². The number of furan rings is 1. The van der Waals surface area contributed by atoms with E-state index < -0.39 is 0 Å². The summed E-state index contributed by atoms with van der Waals surface area (Å²) in [5.74, 6) is 0.629. The van der Waals surface area contributed by atoms with E-state index in [-0.39, 0.29) is 0 Å². The topological polar surface area (TPSA) is 53.7 Å². The van der Waals surface area contributed by atoms with Crippen molar-refractivity contribution in [2.24, 2.45) is 0 Å². The number of fused-ring (bicyclic) bond motifs is 12. The van der Waals surface area contributed by atoms with E-state index >= 15 is 0 Å². The first kappa shape index (κ1) is 38.6.